The van der Waals surface area contributed by atoms with Crippen molar-refractivity contribution in [2.24, 2.45) is 0 Å². The summed E-state index contributed by atoms with van der Waals surface area (Å²) in [5.41, 5.74) is 0. The Morgan fingerprint density at radius 2 is 2.00 bits per heavy atom. The smallest absolute Gasteiger partial charge is 0.253 e. The maximum absolute atomic E-state index is 11.9. The van der Waals surface area contributed by atoms with Crippen LogP contribution in [0.3, 0.4) is 0 Å². The van der Waals surface area contributed by atoms with Gasteiger partial charge in [-0.15, -0.1) is 23.7 Å². The van der Waals surface area contributed by atoms with E-state index < -0.39 is 10.0 Å². The van der Waals surface area contributed by atoms with Gasteiger partial charge in [0, 0.05) is 26.7 Å². The zero-order valence-electron chi connectivity index (χ0n) is 10.8. The second-order valence-electron chi connectivity index (χ2n) is 3.42. The molecule has 1 rings (SSSR count). The van der Waals surface area contributed by atoms with E-state index in [1.165, 1.54) is 7.11 Å². The first-order chi connectivity index (χ1) is 8.61. The lowest BCUT2D eigenvalue weighted by molar-refractivity contribution is 0.199. The van der Waals surface area contributed by atoms with E-state index in [-0.39, 0.29) is 16.6 Å². The molecule has 0 aliphatic rings. The number of ether oxygens (including phenoxy) is 2. The second kappa shape index (κ2) is 9.51. The molecule has 0 unspecified atom stereocenters. The van der Waals surface area contributed by atoms with Crippen LogP contribution in [-0.2, 0) is 14.8 Å². The molecule has 1 aromatic heterocycles. The molecule has 1 heterocycles. The number of thiophene rings is 1. The first-order valence-electron chi connectivity index (χ1n) is 5.42. The van der Waals surface area contributed by atoms with Gasteiger partial charge in [0.25, 0.3) is 10.0 Å². The largest absolute Gasteiger partial charge is 0.494 e. The Morgan fingerprint density at radius 1 is 1.26 bits per heavy atom. The molecule has 0 aliphatic heterocycles. The number of hydrogen-bond donors (Lipinski definition) is 2. The van der Waals surface area contributed by atoms with Gasteiger partial charge in [-0.2, -0.15) is 0 Å². The summed E-state index contributed by atoms with van der Waals surface area (Å²) >= 11 is 1.14. The first kappa shape index (κ1) is 18.6. The van der Waals surface area contributed by atoms with Crippen molar-refractivity contribution in [2.75, 3.05) is 40.5 Å². The molecule has 0 radical (unpaired) electrons. The molecule has 0 saturated carbocycles. The average Bonchev–Trinajstić information content (AvgIpc) is 2.82. The molecule has 0 atom stereocenters. The van der Waals surface area contributed by atoms with Crippen LogP contribution in [0.25, 0.3) is 0 Å². The molecule has 0 fully saturated rings. The molecule has 112 valence electrons. The number of rotatable bonds is 9. The van der Waals surface area contributed by atoms with Crippen LogP contribution in [0.1, 0.15) is 0 Å². The summed E-state index contributed by atoms with van der Waals surface area (Å²) in [6.07, 6.45) is 0. The maximum atomic E-state index is 11.9. The molecule has 0 bridgehead atoms. The van der Waals surface area contributed by atoms with Crippen LogP contribution in [0.2, 0.25) is 0 Å². The lowest BCUT2D eigenvalue weighted by Gasteiger charge is -2.07. The van der Waals surface area contributed by atoms with Gasteiger partial charge in [0.15, 0.2) is 4.21 Å². The van der Waals surface area contributed by atoms with E-state index in [9.17, 15) is 8.42 Å². The molecular formula is C10H19ClN2O4S2. The quantitative estimate of drug-likeness (QED) is 0.652. The lowest BCUT2D eigenvalue weighted by atomic mass is 10.6. The average molecular weight is 331 g/mol. The third-order valence-electron chi connectivity index (χ3n) is 2.14. The Balaban J connectivity index is 0.00000324. The highest BCUT2D eigenvalue weighted by atomic mass is 35.5. The Morgan fingerprint density at radius 3 is 2.63 bits per heavy atom. The molecule has 9 heteroatoms. The van der Waals surface area contributed by atoms with Crippen LogP contribution in [0.5, 0.6) is 5.75 Å². The predicted octanol–water partition coefficient (Wildman–Crippen LogP) is 0.693. The van der Waals surface area contributed by atoms with Crippen LogP contribution in [0, 0.1) is 0 Å². The summed E-state index contributed by atoms with van der Waals surface area (Å²) < 4.78 is 36.4. The van der Waals surface area contributed by atoms with E-state index in [1.807, 2.05) is 0 Å². The van der Waals surface area contributed by atoms with Crippen molar-refractivity contribution in [1.82, 2.24) is 10.0 Å². The summed E-state index contributed by atoms with van der Waals surface area (Å²) in [4.78, 5) is 0. The highest BCUT2D eigenvalue weighted by molar-refractivity contribution is 7.91. The van der Waals surface area contributed by atoms with Gasteiger partial charge in [-0.05, 0) is 11.4 Å². The highest BCUT2D eigenvalue weighted by Crippen LogP contribution is 2.28. The number of nitrogens with one attached hydrogen (secondary N) is 2. The number of hydrogen-bond acceptors (Lipinski definition) is 6. The van der Waals surface area contributed by atoms with E-state index in [0.29, 0.717) is 32.0 Å². The second-order valence-corrected chi connectivity index (χ2v) is 6.30. The van der Waals surface area contributed by atoms with Gasteiger partial charge in [-0.3, -0.25) is 0 Å². The Bertz CT molecular complexity index is 450. The van der Waals surface area contributed by atoms with Crippen molar-refractivity contribution >= 4 is 33.8 Å². The Kier molecular flexibility index (Phi) is 9.32. The minimum Gasteiger partial charge on any atom is -0.494 e. The van der Waals surface area contributed by atoms with E-state index >= 15 is 0 Å². The van der Waals surface area contributed by atoms with Crippen molar-refractivity contribution in [3.8, 4) is 5.75 Å². The first-order valence-corrected chi connectivity index (χ1v) is 7.79. The maximum Gasteiger partial charge on any atom is 0.253 e. The molecule has 19 heavy (non-hydrogen) atoms. The molecule has 6 nitrogen and oxygen atoms in total. The van der Waals surface area contributed by atoms with E-state index in [4.69, 9.17) is 9.47 Å². The third-order valence-corrected chi connectivity index (χ3v) is 5.04. The van der Waals surface area contributed by atoms with Gasteiger partial charge in [-0.1, -0.05) is 0 Å². The van der Waals surface area contributed by atoms with Crippen LogP contribution >= 0.6 is 23.7 Å². The minimum atomic E-state index is -3.48. The molecule has 0 aliphatic carbocycles. The zero-order valence-corrected chi connectivity index (χ0v) is 13.3. The van der Waals surface area contributed by atoms with Crippen LogP contribution in [-0.4, -0.2) is 48.9 Å². The van der Waals surface area contributed by atoms with Crippen molar-refractivity contribution < 1.29 is 17.9 Å². The van der Waals surface area contributed by atoms with Gasteiger partial charge in [0.2, 0.25) is 0 Å². The number of sulfonamides is 1. The van der Waals surface area contributed by atoms with Crippen LogP contribution in [0.4, 0.5) is 0 Å². The van der Waals surface area contributed by atoms with Gasteiger partial charge < -0.3 is 14.8 Å². The molecule has 1 aromatic rings. The summed E-state index contributed by atoms with van der Waals surface area (Å²) in [6, 6.07) is 1.63. The monoisotopic (exact) mass is 330 g/mol. The molecule has 2 N–H and O–H groups in total. The molecule has 0 saturated heterocycles. The van der Waals surface area contributed by atoms with E-state index in [0.717, 1.165) is 11.3 Å². The highest BCUT2D eigenvalue weighted by Gasteiger charge is 2.20. The standard InChI is InChI=1S/C10H18N2O4S2.ClH/c1-15-7-6-11-4-5-12-18(13,14)10-9(16-2)3-8-17-10;/h3,8,11-12H,4-7H2,1-2H3;1H. The lowest BCUT2D eigenvalue weighted by Crippen LogP contribution is -2.32. The van der Waals surface area contributed by atoms with Crippen LogP contribution < -0.4 is 14.8 Å². The van der Waals surface area contributed by atoms with Crippen molar-refractivity contribution in [1.29, 1.82) is 0 Å². The Hall–Kier alpha value is -0.380. The van der Waals surface area contributed by atoms with Crippen molar-refractivity contribution in [3.05, 3.63) is 11.4 Å². The molecule has 0 spiro atoms. The fourth-order valence-corrected chi connectivity index (χ4v) is 3.62. The fraction of sp³-hybridized carbons (Fsp3) is 0.600. The van der Waals surface area contributed by atoms with E-state index in [1.54, 1.807) is 18.6 Å². The number of methoxy groups -OCH3 is 2. The minimum absolute atomic E-state index is 0. The third kappa shape index (κ3) is 6.07. The van der Waals surface area contributed by atoms with Gasteiger partial charge in [0.1, 0.15) is 5.75 Å². The Labute approximate surface area is 124 Å². The fourth-order valence-electron chi connectivity index (χ4n) is 1.27. The summed E-state index contributed by atoms with van der Waals surface area (Å²) in [6.45, 7) is 2.18. The van der Waals surface area contributed by atoms with E-state index in [2.05, 4.69) is 10.0 Å². The van der Waals surface area contributed by atoms with Crippen molar-refractivity contribution in [2.45, 2.75) is 4.21 Å². The summed E-state index contributed by atoms with van der Waals surface area (Å²) in [5, 5.41) is 4.74. The SMILES string of the molecule is COCCNCCNS(=O)(=O)c1sccc1OC.Cl. The topological polar surface area (TPSA) is 76.7 Å². The van der Waals surface area contributed by atoms with Gasteiger partial charge in [0.05, 0.1) is 13.7 Å². The van der Waals surface area contributed by atoms with Gasteiger partial charge >= 0.3 is 0 Å². The molecular weight excluding hydrogens is 312 g/mol. The zero-order chi connectivity index (χ0) is 13.4. The summed E-state index contributed by atoms with van der Waals surface area (Å²) in [7, 11) is -0.410. The molecule has 0 amide bonds. The predicted molar refractivity (Wildman–Crippen MR) is 78.1 cm³/mol. The molecule has 0 aromatic carbocycles. The number of halogens is 1. The van der Waals surface area contributed by atoms with Gasteiger partial charge in [-0.25, -0.2) is 13.1 Å². The van der Waals surface area contributed by atoms with Crippen LogP contribution in [0.15, 0.2) is 15.7 Å². The van der Waals surface area contributed by atoms with Crippen molar-refractivity contribution in [3.63, 3.8) is 0 Å². The summed E-state index contributed by atoms with van der Waals surface area (Å²) in [5.74, 6) is 0.375. The normalized spacial score (nSPS) is 11.1.